The summed E-state index contributed by atoms with van der Waals surface area (Å²) in [7, 11) is 0. The van der Waals surface area contributed by atoms with Gasteiger partial charge in [-0.1, -0.05) is 41.8 Å². The van der Waals surface area contributed by atoms with Gasteiger partial charge in [-0.15, -0.1) is 21.5 Å². The van der Waals surface area contributed by atoms with Gasteiger partial charge < -0.3 is 4.98 Å². The third-order valence-electron chi connectivity index (χ3n) is 3.38. The van der Waals surface area contributed by atoms with Crippen molar-refractivity contribution in [2.24, 2.45) is 0 Å². The molecule has 1 N–H and O–H groups in total. The summed E-state index contributed by atoms with van der Waals surface area (Å²) in [4.78, 5) is 21.9. The highest BCUT2D eigenvalue weighted by Gasteiger charge is 2.17. The van der Waals surface area contributed by atoms with Crippen LogP contribution < -0.4 is 5.56 Å². The van der Waals surface area contributed by atoms with Gasteiger partial charge in [0.2, 0.25) is 0 Å². The van der Waals surface area contributed by atoms with E-state index in [4.69, 9.17) is 0 Å². The first kappa shape index (κ1) is 16.9. The lowest BCUT2D eigenvalue weighted by Gasteiger charge is -2.07. The molecule has 3 heterocycles. The van der Waals surface area contributed by atoms with Crippen molar-refractivity contribution in [3.05, 3.63) is 26.6 Å². The number of aromatic nitrogens is 4. The first-order valence-corrected chi connectivity index (χ1v) is 10.6. The molecule has 3 aromatic heterocycles. The van der Waals surface area contributed by atoms with E-state index >= 15 is 0 Å². The van der Waals surface area contributed by atoms with Crippen LogP contribution in [0.25, 0.3) is 10.2 Å². The second-order valence-corrected chi connectivity index (χ2v) is 10.2. The lowest BCUT2D eigenvalue weighted by molar-refractivity contribution is 0.912. The Labute approximate surface area is 150 Å². The van der Waals surface area contributed by atoms with Gasteiger partial charge in [-0.3, -0.25) is 4.79 Å². The second-order valence-electron chi connectivity index (χ2n) is 4.94. The van der Waals surface area contributed by atoms with Crippen molar-refractivity contribution >= 4 is 56.4 Å². The van der Waals surface area contributed by atoms with Gasteiger partial charge >= 0.3 is 0 Å². The molecule has 0 fully saturated rings. The van der Waals surface area contributed by atoms with Crippen molar-refractivity contribution in [1.29, 1.82) is 0 Å². The number of thioether (sulfide) groups is 2. The maximum Gasteiger partial charge on any atom is 0.259 e. The van der Waals surface area contributed by atoms with Gasteiger partial charge in [-0.2, -0.15) is 0 Å². The van der Waals surface area contributed by atoms with E-state index in [1.54, 1.807) is 46.2 Å². The lowest BCUT2D eigenvalue weighted by Crippen LogP contribution is -2.12. The molecule has 0 amide bonds. The number of hydrogen-bond donors (Lipinski definition) is 1. The van der Waals surface area contributed by atoms with Crippen molar-refractivity contribution < 1.29 is 0 Å². The number of aryl methyl sites for hydroxylation is 2. The zero-order chi connectivity index (χ0) is 16.6. The largest absolute Gasteiger partial charge is 0.309 e. The zero-order valence-corrected chi connectivity index (χ0v) is 16.4. The molecule has 0 saturated heterocycles. The highest BCUT2D eigenvalue weighted by atomic mass is 32.2. The molecule has 0 bridgehead atoms. The third kappa shape index (κ3) is 3.47. The molecule has 0 aliphatic heterocycles. The molecule has 0 spiro atoms. The minimum atomic E-state index is -0.0567. The molecule has 0 aliphatic rings. The van der Waals surface area contributed by atoms with Gasteiger partial charge in [0.25, 0.3) is 5.56 Å². The van der Waals surface area contributed by atoms with Gasteiger partial charge in [0.1, 0.15) is 10.7 Å². The first-order valence-electron chi connectivity index (χ1n) is 7.12. The molecule has 122 valence electrons. The molecule has 9 heteroatoms. The molecule has 1 atom stereocenters. The molecular weight excluding hydrogens is 368 g/mol. The Morgan fingerprint density at radius 2 is 1.96 bits per heavy atom. The van der Waals surface area contributed by atoms with E-state index < -0.39 is 0 Å². The maximum absolute atomic E-state index is 12.4. The van der Waals surface area contributed by atoms with E-state index in [0.717, 1.165) is 29.7 Å². The standard InChI is InChI=1S/C14H16N4OS4/c1-5-20-13-17-18-14(23-13)22-8(4)10-15-11(19)9-6(2)7(3)21-12(9)16-10/h8H,5H2,1-4H3,(H,15,16,19)/t8-/m1/s1. The Balaban J connectivity index is 1.88. The summed E-state index contributed by atoms with van der Waals surface area (Å²) in [6.45, 7) is 8.11. The molecule has 0 radical (unpaired) electrons. The van der Waals surface area contributed by atoms with Gasteiger partial charge in [0.15, 0.2) is 8.68 Å². The fourth-order valence-electron chi connectivity index (χ4n) is 2.10. The Bertz CT molecular complexity index is 898. The van der Waals surface area contributed by atoms with E-state index in [1.165, 1.54) is 0 Å². The van der Waals surface area contributed by atoms with Gasteiger partial charge in [0, 0.05) is 4.88 Å². The van der Waals surface area contributed by atoms with Crippen molar-refractivity contribution in [2.75, 3.05) is 5.75 Å². The van der Waals surface area contributed by atoms with Crippen molar-refractivity contribution in [3.8, 4) is 0 Å². The van der Waals surface area contributed by atoms with Crippen molar-refractivity contribution in [1.82, 2.24) is 20.2 Å². The quantitative estimate of drug-likeness (QED) is 0.657. The van der Waals surface area contributed by atoms with Crippen LogP contribution in [-0.2, 0) is 0 Å². The lowest BCUT2D eigenvalue weighted by atomic mass is 10.2. The fraction of sp³-hybridized carbons (Fsp3) is 0.429. The minimum absolute atomic E-state index is 0.0160. The van der Waals surface area contributed by atoms with Crippen LogP contribution in [0.2, 0.25) is 0 Å². The van der Waals surface area contributed by atoms with E-state index in [1.807, 2.05) is 20.8 Å². The number of nitrogens with one attached hydrogen (secondary N) is 1. The average Bonchev–Trinajstić information content (AvgIpc) is 3.05. The SMILES string of the molecule is CCSc1nnc(S[C@H](C)c2nc3sc(C)c(C)c3c(=O)[nH]2)s1. The summed E-state index contributed by atoms with van der Waals surface area (Å²) < 4.78 is 1.87. The van der Waals surface area contributed by atoms with E-state index in [0.29, 0.717) is 11.2 Å². The Kier molecular flexibility index (Phi) is 5.10. The highest BCUT2D eigenvalue weighted by Crippen LogP contribution is 2.37. The third-order valence-corrected chi connectivity index (χ3v) is 7.61. The summed E-state index contributed by atoms with van der Waals surface area (Å²) in [6.07, 6.45) is 0. The number of thiophene rings is 1. The van der Waals surface area contributed by atoms with E-state index in [2.05, 4.69) is 27.1 Å². The van der Waals surface area contributed by atoms with Crippen LogP contribution in [0.15, 0.2) is 13.5 Å². The molecule has 23 heavy (non-hydrogen) atoms. The molecule has 0 saturated carbocycles. The highest BCUT2D eigenvalue weighted by molar-refractivity contribution is 8.03. The Morgan fingerprint density at radius 3 is 2.70 bits per heavy atom. The number of H-pyrrole nitrogens is 1. The van der Waals surface area contributed by atoms with Gasteiger partial charge in [0.05, 0.1) is 10.6 Å². The first-order chi connectivity index (χ1) is 11.0. The number of hydrogen-bond acceptors (Lipinski definition) is 8. The number of aromatic amines is 1. The topological polar surface area (TPSA) is 71.5 Å². The smallest absolute Gasteiger partial charge is 0.259 e. The van der Waals surface area contributed by atoms with Crippen LogP contribution in [-0.4, -0.2) is 25.9 Å². The number of rotatable bonds is 5. The summed E-state index contributed by atoms with van der Waals surface area (Å²) >= 11 is 6.42. The van der Waals surface area contributed by atoms with Crippen LogP contribution in [0.1, 0.15) is 35.4 Å². The molecule has 5 nitrogen and oxygen atoms in total. The molecule has 0 unspecified atom stereocenters. The molecule has 0 aliphatic carbocycles. The predicted octanol–water partition coefficient (Wildman–Crippen LogP) is 4.42. The summed E-state index contributed by atoms with van der Waals surface area (Å²) in [6, 6.07) is 0. The predicted molar refractivity (Wildman–Crippen MR) is 100 cm³/mol. The average molecular weight is 385 g/mol. The van der Waals surface area contributed by atoms with Gasteiger partial charge in [-0.25, -0.2) is 4.98 Å². The molecule has 3 aromatic rings. The normalized spacial score (nSPS) is 12.9. The van der Waals surface area contributed by atoms with Gasteiger partial charge in [-0.05, 0) is 32.1 Å². The molecule has 0 aromatic carbocycles. The van der Waals surface area contributed by atoms with Crippen LogP contribution in [0.3, 0.4) is 0 Å². The minimum Gasteiger partial charge on any atom is -0.309 e. The maximum atomic E-state index is 12.4. The fourth-order valence-corrected chi connectivity index (χ4v) is 6.25. The monoisotopic (exact) mass is 384 g/mol. The molecule has 3 rings (SSSR count). The number of nitrogens with zero attached hydrogens (tertiary/aromatic N) is 3. The van der Waals surface area contributed by atoms with Crippen molar-refractivity contribution in [3.63, 3.8) is 0 Å². The zero-order valence-electron chi connectivity index (χ0n) is 13.2. The molecular formula is C14H16N4OS4. The van der Waals surface area contributed by atoms with Crippen LogP contribution in [0.4, 0.5) is 0 Å². The van der Waals surface area contributed by atoms with E-state index in [-0.39, 0.29) is 10.8 Å². The summed E-state index contributed by atoms with van der Waals surface area (Å²) in [5.74, 6) is 1.67. The van der Waals surface area contributed by atoms with Crippen molar-refractivity contribution in [2.45, 2.75) is 41.6 Å². The van der Waals surface area contributed by atoms with E-state index in [9.17, 15) is 4.79 Å². The number of fused-ring (bicyclic) bond motifs is 1. The summed E-state index contributed by atoms with van der Waals surface area (Å²) in [5.41, 5.74) is 0.967. The second kappa shape index (κ2) is 6.92. The van der Waals surface area contributed by atoms with Crippen LogP contribution in [0.5, 0.6) is 0 Å². The Morgan fingerprint density at radius 1 is 1.22 bits per heavy atom. The van der Waals surface area contributed by atoms with Crippen LogP contribution >= 0.6 is 46.2 Å². The Hall–Kier alpha value is -0.900. The summed E-state index contributed by atoms with van der Waals surface area (Å²) in [5, 5.41) is 9.08. The van der Waals surface area contributed by atoms with Crippen LogP contribution in [0, 0.1) is 13.8 Å².